The summed E-state index contributed by atoms with van der Waals surface area (Å²) >= 11 is 17.5. The third kappa shape index (κ3) is 4.24. The lowest BCUT2D eigenvalue weighted by Gasteiger charge is -2.10. The molecule has 138 valence electrons. The molecule has 1 amide bonds. The van der Waals surface area contributed by atoms with E-state index in [1.165, 1.54) is 0 Å². The van der Waals surface area contributed by atoms with E-state index in [9.17, 15) is 9.59 Å². The zero-order valence-corrected chi connectivity index (χ0v) is 15.9. The van der Waals surface area contributed by atoms with Gasteiger partial charge in [0.25, 0.3) is 5.91 Å². The molecular formula is C18H12Cl3N3O3. The maximum atomic E-state index is 12.1. The van der Waals surface area contributed by atoms with E-state index in [2.05, 4.69) is 10.3 Å². The molecule has 0 saturated carbocycles. The van der Waals surface area contributed by atoms with E-state index in [4.69, 9.17) is 45.3 Å². The number of fused-ring (bicyclic) bond motifs is 1. The number of esters is 1. The van der Waals surface area contributed by atoms with Gasteiger partial charge in [-0.15, -0.1) is 0 Å². The number of nitrogens with one attached hydrogen (secondary N) is 1. The summed E-state index contributed by atoms with van der Waals surface area (Å²) in [6.07, 6.45) is 0. The molecule has 3 rings (SSSR count). The first kappa shape index (κ1) is 19.2. The summed E-state index contributed by atoms with van der Waals surface area (Å²) in [5, 5.41) is 4.21. The first-order valence-corrected chi connectivity index (χ1v) is 8.76. The molecule has 9 heteroatoms. The van der Waals surface area contributed by atoms with Gasteiger partial charge in [0.1, 0.15) is 5.02 Å². The van der Waals surface area contributed by atoms with Crippen LogP contribution in [-0.4, -0.2) is 23.5 Å². The molecule has 0 aliphatic carbocycles. The number of pyridine rings is 1. The van der Waals surface area contributed by atoms with E-state index in [-0.39, 0.29) is 26.6 Å². The minimum absolute atomic E-state index is 0.0627. The molecule has 0 atom stereocenters. The molecule has 0 aliphatic heterocycles. The second-order valence-corrected chi connectivity index (χ2v) is 6.59. The smallest absolute Gasteiger partial charge is 0.359 e. The highest BCUT2D eigenvalue weighted by Gasteiger charge is 2.21. The molecule has 27 heavy (non-hydrogen) atoms. The van der Waals surface area contributed by atoms with Gasteiger partial charge in [0, 0.05) is 5.69 Å². The van der Waals surface area contributed by atoms with Gasteiger partial charge in [0.15, 0.2) is 17.5 Å². The summed E-state index contributed by atoms with van der Waals surface area (Å²) < 4.78 is 4.93. The van der Waals surface area contributed by atoms with Gasteiger partial charge in [-0.3, -0.25) is 4.79 Å². The van der Waals surface area contributed by atoms with Crippen LogP contribution in [0.2, 0.25) is 15.2 Å². The number of amides is 1. The van der Waals surface area contributed by atoms with Crippen LogP contribution in [0.4, 0.5) is 11.4 Å². The standard InChI is InChI=1S/C18H12Cl3N3O3/c19-13-15(22)14(20)17(21)24-16(13)18(26)27-8-12(25)23-11-6-5-9-3-1-2-4-10(9)7-11/h1-7H,8H2,(H2,22,24)(H,23,25). The summed E-state index contributed by atoms with van der Waals surface area (Å²) in [5.74, 6) is -1.47. The molecule has 0 bridgehead atoms. The van der Waals surface area contributed by atoms with Crippen LogP contribution < -0.4 is 11.1 Å². The number of anilines is 2. The fourth-order valence-corrected chi connectivity index (χ4v) is 2.92. The quantitative estimate of drug-likeness (QED) is 0.472. The van der Waals surface area contributed by atoms with Gasteiger partial charge in [-0.1, -0.05) is 65.1 Å². The Balaban J connectivity index is 1.65. The van der Waals surface area contributed by atoms with Crippen molar-refractivity contribution < 1.29 is 14.3 Å². The number of rotatable bonds is 4. The number of aromatic nitrogens is 1. The van der Waals surface area contributed by atoms with E-state index < -0.39 is 18.5 Å². The van der Waals surface area contributed by atoms with E-state index >= 15 is 0 Å². The number of nitrogens with zero attached hydrogens (tertiary/aromatic N) is 1. The average Bonchev–Trinajstić information content (AvgIpc) is 2.67. The number of carbonyl (C=O) groups excluding carboxylic acids is 2. The second kappa shape index (κ2) is 8.00. The summed E-state index contributed by atoms with van der Waals surface area (Å²) in [6, 6.07) is 13.1. The van der Waals surface area contributed by atoms with Crippen LogP contribution in [0.25, 0.3) is 10.8 Å². The fourth-order valence-electron chi connectivity index (χ4n) is 2.33. The number of nitrogen functional groups attached to an aromatic ring is 1. The van der Waals surface area contributed by atoms with Crippen molar-refractivity contribution in [3.05, 3.63) is 63.4 Å². The van der Waals surface area contributed by atoms with Gasteiger partial charge < -0.3 is 15.8 Å². The average molecular weight is 425 g/mol. The number of hydrogen-bond donors (Lipinski definition) is 2. The molecule has 0 unspecified atom stereocenters. The maximum Gasteiger partial charge on any atom is 0.359 e. The van der Waals surface area contributed by atoms with Gasteiger partial charge >= 0.3 is 5.97 Å². The molecule has 0 aliphatic rings. The lowest BCUT2D eigenvalue weighted by Crippen LogP contribution is -2.21. The SMILES string of the molecule is Nc1c(Cl)c(Cl)nc(C(=O)OCC(=O)Nc2ccc3ccccc3c2)c1Cl. The van der Waals surface area contributed by atoms with E-state index in [1.807, 2.05) is 36.4 Å². The van der Waals surface area contributed by atoms with E-state index in [0.29, 0.717) is 5.69 Å². The van der Waals surface area contributed by atoms with Crippen LogP contribution in [0.3, 0.4) is 0 Å². The molecule has 1 heterocycles. The number of benzene rings is 2. The van der Waals surface area contributed by atoms with Crippen molar-refractivity contribution in [3.63, 3.8) is 0 Å². The lowest BCUT2D eigenvalue weighted by atomic mass is 10.1. The van der Waals surface area contributed by atoms with E-state index in [0.717, 1.165) is 10.8 Å². The van der Waals surface area contributed by atoms with Crippen molar-refractivity contribution in [2.75, 3.05) is 17.7 Å². The summed E-state index contributed by atoms with van der Waals surface area (Å²) in [4.78, 5) is 27.9. The Morgan fingerprint density at radius 3 is 2.48 bits per heavy atom. The normalized spacial score (nSPS) is 10.6. The first-order chi connectivity index (χ1) is 12.9. The Morgan fingerprint density at radius 2 is 1.74 bits per heavy atom. The van der Waals surface area contributed by atoms with Crippen LogP contribution in [0.1, 0.15) is 10.5 Å². The fraction of sp³-hybridized carbons (Fsp3) is 0.0556. The summed E-state index contributed by atoms with van der Waals surface area (Å²) in [6.45, 7) is -0.538. The zero-order chi connectivity index (χ0) is 19.6. The summed E-state index contributed by atoms with van der Waals surface area (Å²) in [5.41, 5.74) is 5.81. The molecule has 6 nitrogen and oxygen atoms in total. The number of halogens is 3. The second-order valence-electron chi connectivity index (χ2n) is 5.48. The van der Waals surface area contributed by atoms with Gasteiger partial charge in [-0.05, 0) is 22.9 Å². The molecule has 3 aromatic rings. The highest BCUT2D eigenvalue weighted by atomic mass is 35.5. The predicted octanol–water partition coefficient (Wildman–Crippen LogP) is 4.57. The molecule has 0 saturated heterocycles. The third-order valence-corrected chi connectivity index (χ3v) is 4.77. The number of nitrogens with two attached hydrogens (primary N) is 1. The molecule has 0 fully saturated rings. The van der Waals surface area contributed by atoms with Crippen molar-refractivity contribution in [2.24, 2.45) is 0 Å². The van der Waals surface area contributed by atoms with Gasteiger partial charge in [-0.25, -0.2) is 9.78 Å². The lowest BCUT2D eigenvalue weighted by molar-refractivity contribution is -0.119. The van der Waals surface area contributed by atoms with Crippen molar-refractivity contribution >= 4 is 68.8 Å². The highest BCUT2D eigenvalue weighted by Crippen LogP contribution is 2.34. The molecule has 0 radical (unpaired) electrons. The van der Waals surface area contributed by atoms with Gasteiger partial charge in [0.05, 0.1) is 10.7 Å². The van der Waals surface area contributed by atoms with Crippen LogP contribution in [0.5, 0.6) is 0 Å². The largest absolute Gasteiger partial charge is 0.451 e. The van der Waals surface area contributed by atoms with Gasteiger partial charge in [-0.2, -0.15) is 0 Å². The minimum atomic E-state index is -0.945. The first-order valence-electron chi connectivity index (χ1n) is 7.62. The van der Waals surface area contributed by atoms with Crippen LogP contribution in [0.15, 0.2) is 42.5 Å². The number of hydrogen-bond acceptors (Lipinski definition) is 5. The van der Waals surface area contributed by atoms with Crippen molar-refractivity contribution in [2.45, 2.75) is 0 Å². The minimum Gasteiger partial charge on any atom is -0.451 e. The number of carbonyl (C=O) groups is 2. The summed E-state index contributed by atoms with van der Waals surface area (Å²) in [7, 11) is 0. The molecule has 3 N–H and O–H groups in total. The van der Waals surface area contributed by atoms with Crippen molar-refractivity contribution in [1.82, 2.24) is 4.98 Å². The van der Waals surface area contributed by atoms with E-state index in [1.54, 1.807) is 6.07 Å². The molecule has 0 spiro atoms. The monoisotopic (exact) mass is 423 g/mol. The van der Waals surface area contributed by atoms with Crippen molar-refractivity contribution in [1.29, 1.82) is 0 Å². The topological polar surface area (TPSA) is 94.3 Å². The Labute approximate surface area is 169 Å². The van der Waals surface area contributed by atoms with Crippen LogP contribution in [-0.2, 0) is 9.53 Å². The zero-order valence-electron chi connectivity index (χ0n) is 13.6. The van der Waals surface area contributed by atoms with Gasteiger partial charge in [0.2, 0.25) is 0 Å². The van der Waals surface area contributed by atoms with Crippen LogP contribution >= 0.6 is 34.8 Å². The Bertz CT molecular complexity index is 1060. The van der Waals surface area contributed by atoms with Crippen LogP contribution in [0, 0.1) is 0 Å². The Hall–Kier alpha value is -2.54. The Morgan fingerprint density at radius 1 is 1.04 bits per heavy atom. The third-order valence-electron chi connectivity index (χ3n) is 3.63. The maximum absolute atomic E-state index is 12.1. The highest BCUT2D eigenvalue weighted by molar-refractivity contribution is 6.46. The van der Waals surface area contributed by atoms with Crippen molar-refractivity contribution in [3.8, 4) is 0 Å². The Kier molecular flexibility index (Phi) is 5.70. The number of ether oxygens (including phenoxy) is 1. The predicted molar refractivity (Wildman–Crippen MR) is 107 cm³/mol. The molecule has 2 aromatic carbocycles. The molecule has 1 aromatic heterocycles. The molecular weight excluding hydrogens is 413 g/mol.